The summed E-state index contributed by atoms with van der Waals surface area (Å²) in [5.74, 6) is -1.18. The van der Waals surface area contributed by atoms with Crippen molar-refractivity contribution in [3.8, 4) is 0 Å². The molecule has 0 aromatic heterocycles. The fourth-order valence-electron chi connectivity index (χ4n) is 0.647. The van der Waals surface area contributed by atoms with Gasteiger partial charge in [-0.2, -0.15) is 5.10 Å². The minimum Gasteiger partial charge on any atom is -0.477 e. The van der Waals surface area contributed by atoms with Crippen molar-refractivity contribution in [1.82, 2.24) is 5.43 Å². The van der Waals surface area contributed by atoms with E-state index in [1.54, 1.807) is 20.8 Å². The number of carbonyl (C=O) groups is 2. The Balaban J connectivity index is 4.72. The van der Waals surface area contributed by atoms with E-state index in [0.717, 1.165) is 0 Å². The molecule has 74 valence electrons. The number of hydrogen-bond acceptors (Lipinski definition) is 3. The molecule has 0 atom stereocenters. The van der Waals surface area contributed by atoms with Crippen molar-refractivity contribution in [2.24, 2.45) is 16.3 Å². The van der Waals surface area contributed by atoms with Gasteiger partial charge in [0.25, 0.3) is 0 Å². The standard InChI is InChI=1S/C7H13N3O3/c1-7(2,3)4(5(11)12)9-10-6(8)13/h1-3H3,(H,11,12)(H3,8,10,13). The van der Waals surface area contributed by atoms with Crippen LogP contribution in [0.4, 0.5) is 4.79 Å². The van der Waals surface area contributed by atoms with Gasteiger partial charge in [-0.25, -0.2) is 15.0 Å². The van der Waals surface area contributed by atoms with Gasteiger partial charge in [-0.3, -0.25) is 0 Å². The fraction of sp³-hybridized carbons (Fsp3) is 0.571. The molecule has 0 saturated heterocycles. The highest BCUT2D eigenvalue weighted by Crippen LogP contribution is 2.15. The SMILES string of the molecule is CC(C)(C)C(=NNC(N)=O)C(=O)O. The molecule has 0 unspecified atom stereocenters. The van der Waals surface area contributed by atoms with Crippen LogP contribution in [-0.4, -0.2) is 22.8 Å². The number of amides is 2. The molecule has 0 aromatic carbocycles. The van der Waals surface area contributed by atoms with Crippen LogP contribution in [0.1, 0.15) is 20.8 Å². The quantitative estimate of drug-likeness (QED) is 0.423. The first kappa shape index (κ1) is 11.4. The third-order valence-electron chi connectivity index (χ3n) is 1.19. The first-order valence-electron chi connectivity index (χ1n) is 3.62. The molecule has 0 heterocycles. The first-order chi connectivity index (χ1) is 5.75. The van der Waals surface area contributed by atoms with E-state index < -0.39 is 17.4 Å². The van der Waals surface area contributed by atoms with Gasteiger partial charge in [0.15, 0.2) is 5.71 Å². The monoisotopic (exact) mass is 187 g/mol. The lowest BCUT2D eigenvalue weighted by Gasteiger charge is -2.16. The normalized spacial score (nSPS) is 12.4. The average molecular weight is 187 g/mol. The van der Waals surface area contributed by atoms with Gasteiger partial charge in [0.05, 0.1) is 0 Å². The summed E-state index contributed by atoms with van der Waals surface area (Å²) in [6.45, 7) is 5.01. The van der Waals surface area contributed by atoms with E-state index in [0.29, 0.717) is 0 Å². The summed E-state index contributed by atoms with van der Waals surface area (Å²) in [7, 11) is 0. The van der Waals surface area contributed by atoms with Crippen LogP contribution in [-0.2, 0) is 4.79 Å². The van der Waals surface area contributed by atoms with Crippen LogP contribution >= 0.6 is 0 Å². The second kappa shape index (κ2) is 3.88. The van der Waals surface area contributed by atoms with Crippen molar-refractivity contribution in [1.29, 1.82) is 0 Å². The van der Waals surface area contributed by atoms with Gasteiger partial charge in [0.1, 0.15) is 0 Å². The lowest BCUT2D eigenvalue weighted by atomic mass is 9.90. The van der Waals surface area contributed by atoms with Gasteiger partial charge in [-0.05, 0) is 0 Å². The zero-order valence-electron chi connectivity index (χ0n) is 7.79. The van der Waals surface area contributed by atoms with E-state index >= 15 is 0 Å². The Morgan fingerprint density at radius 1 is 1.38 bits per heavy atom. The van der Waals surface area contributed by atoms with Gasteiger partial charge in [-0.15, -0.1) is 0 Å². The van der Waals surface area contributed by atoms with E-state index in [1.807, 2.05) is 5.43 Å². The number of aliphatic carboxylic acids is 1. The average Bonchev–Trinajstić information content (AvgIpc) is 1.81. The van der Waals surface area contributed by atoms with Gasteiger partial charge >= 0.3 is 12.0 Å². The molecule has 13 heavy (non-hydrogen) atoms. The molecule has 6 heteroatoms. The van der Waals surface area contributed by atoms with E-state index in [-0.39, 0.29) is 5.71 Å². The highest BCUT2D eigenvalue weighted by atomic mass is 16.4. The molecule has 0 fully saturated rings. The number of carbonyl (C=O) groups excluding carboxylic acids is 1. The molecule has 4 N–H and O–H groups in total. The Morgan fingerprint density at radius 3 is 2.08 bits per heavy atom. The van der Waals surface area contributed by atoms with Crippen LogP contribution in [0.5, 0.6) is 0 Å². The molecule has 0 radical (unpaired) electrons. The van der Waals surface area contributed by atoms with Gasteiger partial charge < -0.3 is 10.8 Å². The summed E-state index contributed by atoms with van der Waals surface area (Å²) in [6, 6.07) is -0.886. The number of rotatable bonds is 2. The maximum Gasteiger partial charge on any atom is 0.352 e. The maximum absolute atomic E-state index is 10.6. The zero-order chi connectivity index (χ0) is 10.6. The summed E-state index contributed by atoms with van der Waals surface area (Å²) in [4.78, 5) is 20.9. The van der Waals surface area contributed by atoms with Gasteiger partial charge in [-0.1, -0.05) is 20.8 Å². The van der Waals surface area contributed by atoms with Crippen molar-refractivity contribution >= 4 is 17.7 Å². The minimum atomic E-state index is -1.18. The van der Waals surface area contributed by atoms with E-state index in [2.05, 4.69) is 5.10 Å². The van der Waals surface area contributed by atoms with E-state index in [4.69, 9.17) is 10.8 Å². The molecule has 0 bridgehead atoms. The molecule has 6 nitrogen and oxygen atoms in total. The highest BCUT2D eigenvalue weighted by molar-refractivity contribution is 6.37. The summed E-state index contributed by atoms with van der Waals surface area (Å²) < 4.78 is 0. The predicted octanol–water partition coefficient (Wildman–Crippen LogP) is 0.141. The minimum absolute atomic E-state index is 0.147. The van der Waals surface area contributed by atoms with Crippen molar-refractivity contribution in [2.75, 3.05) is 0 Å². The number of nitrogens with one attached hydrogen (secondary N) is 1. The number of urea groups is 1. The Labute approximate surface area is 75.8 Å². The molecule has 0 aliphatic heterocycles. The number of hydrazone groups is 1. The second-order valence-corrected chi connectivity index (χ2v) is 3.49. The molecule has 0 aliphatic carbocycles. The summed E-state index contributed by atoms with van der Waals surface area (Å²) >= 11 is 0. The van der Waals surface area contributed by atoms with Crippen LogP contribution in [0, 0.1) is 5.41 Å². The number of hydrogen-bond donors (Lipinski definition) is 3. The van der Waals surface area contributed by atoms with Gasteiger partial charge in [0.2, 0.25) is 0 Å². The third-order valence-corrected chi connectivity index (χ3v) is 1.19. The molecular formula is C7H13N3O3. The number of carboxylic acid groups (broad SMARTS) is 1. The van der Waals surface area contributed by atoms with Crippen LogP contribution in [0.3, 0.4) is 0 Å². The van der Waals surface area contributed by atoms with Crippen molar-refractivity contribution in [2.45, 2.75) is 20.8 Å². The van der Waals surface area contributed by atoms with Gasteiger partial charge in [0, 0.05) is 5.41 Å². The lowest BCUT2D eigenvalue weighted by Crippen LogP contribution is -2.34. The van der Waals surface area contributed by atoms with Crippen LogP contribution in [0.15, 0.2) is 5.10 Å². The Hall–Kier alpha value is -1.59. The zero-order valence-corrected chi connectivity index (χ0v) is 7.79. The van der Waals surface area contributed by atoms with Crippen molar-refractivity contribution in [3.05, 3.63) is 0 Å². The second-order valence-electron chi connectivity index (χ2n) is 3.49. The Bertz CT molecular complexity index is 252. The van der Waals surface area contributed by atoms with E-state index in [9.17, 15) is 9.59 Å². The Morgan fingerprint density at radius 2 is 1.85 bits per heavy atom. The summed E-state index contributed by atoms with van der Waals surface area (Å²) in [5.41, 5.74) is 5.82. The first-order valence-corrected chi connectivity index (χ1v) is 3.62. The molecular weight excluding hydrogens is 174 g/mol. The molecule has 0 aliphatic rings. The lowest BCUT2D eigenvalue weighted by molar-refractivity contribution is -0.129. The van der Waals surface area contributed by atoms with Crippen LogP contribution in [0.2, 0.25) is 0 Å². The smallest absolute Gasteiger partial charge is 0.352 e. The summed E-state index contributed by atoms with van der Waals surface area (Å²) in [6.07, 6.45) is 0. The number of primary amides is 1. The molecule has 2 amide bonds. The fourth-order valence-corrected chi connectivity index (χ4v) is 0.647. The maximum atomic E-state index is 10.6. The number of carboxylic acids is 1. The summed E-state index contributed by atoms with van der Waals surface area (Å²) in [5, 5.41) is 12.1. The predicted molar refractivity (Wildman–Crippen MR) is 47.2 cm³/mol. The molecule has 0 spiro atoms. The van der Waals surface area contributed by atoms with Crippen LogP contribution < -0.4 is 11.2 Å². The van der Waals surface area contributed by atoms with Crippen molar-refractivity contribution in [3.63, 3.8) is 0 Å². The topological polar surface area (TPSA) is 105 Å². The number of nitrogens with zero attached hydrogens (tertiary/aromatic N) is 1. The highest BCUT2D eigenvalue weighted by Gasteiger charge is 2.25. The van der Waals surface area contributed by atoms with Crippen molar-refractivity contribution < 1.29 is 14.7 Å². The molecule has 0 aromatic rings. The van der Waals surface area contributed by atoms with Crippen LogP contribution in [0.25, 0.3) is 0 Å². The third kappa shape index (κ3) is 4.09. The molecule has 0 rings (SSSR count). The largest absolute Gasteiger partial charge is 0.477 e. The molecule has 0 saturated carbocycles. The Kier molecular flexibility index (Phi) is 3.41. The van der Waals surface area contributed by atoms with E-state index in [1.165, 1.54) is 0 Å². The number of nitrogens with two attached hydrogens (primary N) is 1.